The van der Waals surface area contributed by atoms with E-state index in [9.17, 15) is 5.26 Å². The van der Waals surface area contributed by atoms with E-state index >= 15 is 0 Å². The van der Waals surface area contributed by atoms with Crippen LogP contribution in [0.3, 0.4) is 0 Å². The highest BCUT2D eigenvalue weighted by atomic mass is 16.5. The molecule has 1 heterocycles. The number of hydrogen-bond donors (Lipinski definition) is 2. The molecule has 1 aromatic heterocycles. The highest BCUT2D eigenvalue weighted by Gasteiger charge is 2.26. The van der Waals surface area contributed by atoms with Crippen LogP contribution in [0.15, 0.2) is 52.8 Å². The van der Waals surface area contributed by atoms with Crippen molar-refractivity contribution < 1.29 is 14.4 Å². The van der Waals surface area contributed by atoms with Gasteiger partial charge in [-0.15, -0.1) is 0 Å². The first-order chi connectivity index (χ1) is 15.5. The lowest BCUT2D eigenvalue weighted by Crippen LogP contribution is -2.22. The zero-order valence-corrected chi connectivity index (χ0v) is 18.9. The van der Waals surface area contributed by atoms with E-state index in [1.807, 2.05) is 26.0 Å². The molecule has 1 aromatic carbocycles. The Kier molecular flexibility index (Phi) is 7.98. The average Bonchev–Trinajstić information content (AvgIpc) is 3.45. The van der Waals surface area contributed by atoms with Crippen molar-refractivity contribution in [3.63, 3.8) is 0 Å². The fraction of sp³-hybridized carbons (Fsp3) is 0.400. The number of ether oxygens (including phenoxy) is 1. The molecule has 0 aliphatic heterocycles. The van der Waals surface area contributed by atoms with Crippen LogP contribution < -0.4 is 5.32 Å². The predicted octanol–water partition coefficient (Wildman–Crippen LogP) is 4.49. The summed E-state index contributed by atoms with van der Waals surface area (Å²) in [5, 5.41) is 26.3. The lowest BCUT2D eigenvalue weighted by atomic mass is 10.0. The van der Waals surface area contributed by atoms with Crippen LogP contribution in [0.4, 0.5) is 0 Å². The van der Waals surface area contributed by atoms with E-state index in [0.717, 1.165) is 24.8 Å². The van der Waals surface area contributed by atoms with E-state index in [2.05, 4.69) is 34.2 Å². The van der Waals surface area contributed by atoms with E-state index in [4.69, 9.17) is 14.4 Å². The molecule has 7 nitrogen and oxygen atoms in total. The molecule has 2 aromatic rings. The Hall–Kier alpha value is -3.21. The molecule has 1 aliphatic rings. The molecule has 3 rings (SSSR count). The van der Waals surface area contributed by atoms with Crippen LogP contribution in [-0.4, -0.2) is 34.5 Å². The van der Waals surface area contributed by atoms with Crippen molar-refractivity contribution in [2.24, 2.45) is 0 Å². The molecule has 0 saturated carbocycles. The molecule has 0 amide bonds. The minimum atomic E-state index is 0.0183. The lowest BCUT2D eigenvalue weighted by Gasteiger charge is -2.13. The molecule has 0 fully saturated rings. The largest absolute Gasteiger partial charge is 0.494 e. The summed E-state index contributed by atoms with van der Waals surface area (Å²) in [5.74, 6) is 1.34. The van der Waals surface area contributed by atoms with Crippen molar-refractivity contribution in [3.8, 4) is 17.5 Å². The molecule has 32 heavy (non-hydrogen) atoms. The Balaban J connectivity index is 1.91. The number of benzene rings is 1. The Morgan fingerprint density at radius 3 is 3.00 bits per heavy atom. The number of aliphatic hydroxyl groups is 1. The first kappa shape index (κ1) is 23.5. The van der Waals surface area contributed by atoms with Crippen LogP contribution >= 0.6 is 0 Å². The number of aliphatic hydroxyl groups excluding tert-OH is 1. The van der Waals surface area contributed by atoms with Gasteiger partial charge in [-0.3, -0.25) is 0 Å². The van der Waals surface area contributed by atoms with E-state index in [1.54, 1.807) is 19.1 Å². The van der Waals surface area contributed by atoms with Crippen LogP contribution in [0.1, 0.15) is 56.7 Å². The number of aromatic nitrogens is 2. The summed E-state index contributed by atoms with van der Waals surface area (Å²) >= 11 is 0. The number of nitrogens with one attached hydrogen (secondary N) is 1. The zero-order valence-electron chi connectivity index (χ0n) is 18.9. The Morgan fingerprint density at radius 2 is 2.31 bits per heavy atom. The van der Waals surface area contributed by atoms with Crippen molar-refractivity contribution in [3.05, 3.63) is 65.3 Å². The van der Waals surface area contributed by atoms with Gasteiger partial charge in [-0.2, -0.15) is 10.2 Å². The summed E-state index contributed by atoms with van der Waals surface area (Å²) in [7, 11) is 0. The van der Waals surface area contributed by atoms with Gasteiger partial charge >= 0.3 is 0 Å². The molecule has 2 N–H and O–H groups in total. The summed E-state index contributed by atoms with van der Waals surface area (Å²) in [6.07, 6.45) is 5.97. The van der Waals surface area contributed by atoms with Gasteiger partial charge in [-0.1, -0.05) is 42.9 Å². The third-order valence-corrected chi connectivity index (χ3v) is 5.66. The number of nitriles is 1. The van der Waals surface area contributed by atoms with Gasteiger partial charge in [-0.05, 0) is 50.3 Å². The van der Waals surface area contributed by atoms with Gasteiger partial charge in [0.1, 0.15) is 11.8 Å². The average molecular weight is 435 g/mol. The second kappa shape index (κ2) is 10.9. The maximum absolute atomic E-state index is 9.59. The standard InChI is InChI=1S/C25H30N4O3/c1-5-16(3)31-17(4)19(15-26)14-18(6-2)25-28-24(29-32-25)22-9-7-8-21-20(22)10-11-23(21)27-12-13-30/h6-9,14,16,23,27,30H,2,5,10-13H2,1,3-4H3/b18-14+,19-17-/t16?,23-/m0/s1. The summed E-state index contributed by atoms with van der Waals surface area (Å²) < 4.78 is 11.3. The van der Waals surface area contributed by atoms with E-state index in [-0.39, 0.29) is 18.8 Å². The molecule has 1 aliphatic carbocycles. The van der Waals surface area contributed by atoms with Crippen LogP contribution in [0, 0.1) is 11.3 Å². The normalized spacial score (nSPS) is 17.3. The Bertz CT molecular complexity index is 1060. The van der Waals surface area contributed by atoms with Crippen molar-refractivity contribution >= 4 is 5.57 Å². The van der Waals surface area contributed by atoms with E-state index < -0.39 is 0 Å². The minimum absolute atomic E-state index is 0.0183. The Labute approximate surface area is 189 Å². The molecule has 0 bridgehead atoms. The van der Waals surface area contributed by atoms with E-state index in [0.29, 0.717) is 35.2 Å². The SMILES string of the molecule is C=C/C(=C\C(C#N)=C(/C)OC(C)CC)c1nc(-c2cccc3c2CC[C@@H]3NCCO)no1. The van der Waals surface area contributed by atoms with Crippen LogP contribution in [-0.2, 0) is 11.2 Å². The third-order valence-electron chi connectivity index (χ3n) is 5.66. The summed E-state index contributed by atoms with van der Waals surface area (Å²) in [4.78, 5) is 4.59. The number of nitrogens with zero attached hydrogens (tertiary/aromatic N) is 3. The van der Waals surface area contributed by atoms with Gasteiger partial charge in [0.05, 0.1) is 18.3 Å². The first-order valence-electron chi connectivity index (χ1n) is 10.9. The molecule has 7 heteroatoms. The molecular weight excluding hydrogens is 404 g/mol. The van der Waals surface area contributed by atoms with Crippen LogP contribution in [0.25, 0.3) is 17.0 Å². The molecule has 0 radical (unpaired) electrons. The van der Waals surface area contributed by atoms with Gasteiger partial charge in [0.15, 0.2) is 0 Å². The topological polar surface area (TPSA) is 104 Å². The van der Waals surface area contributed by atoms with Gasteiger partial charge < -0.3 is 19.7 Å². The third kappa shape index (κ3) is 5.16. The number of hydrogen-bond acceptors (Lipinski definition) is 7. The highest BCUT2D eigenvalue weighted by Crippen LogP contribution is 2.37. The maximum atomic E-state index is 9.59. The minimum Gasteiger partial charge on any atom is -0.494 e. The van der Waals surface area contributed by atoms with Crippen LogP contribution in [0.5, 0.6) is 0 Å². The number of fused-ring (bicyclic) bond motifs is 1. The van der Waals surface area contributed by atoms with E-state index in [1.165, 1.54) is 11.1 Å². The molecule has 1 unspecified atom stereocenters. The lowest BCUT2D eigenvalue weighted by molar-refractivity contribution is 0.128. The number of rotatable bonds is 10. The smallest absolute Gasteiger partial charge is 0.258 e. The zero-order chi connectivity index (χ0) is 23.1. The summed E-state index contributed by atoms with van der Waals surface area (Å²) in [6.45, 7) is 10.3. The van der Waals surface area contributed by atoms with Gasteiger partial charge in [0.25, 0.3) is 5.89 Å². The van der Waals surface area contributed by atoms with Crippen molar-refractivity contribution in [1.82, 2.24) is 15.5 Å². The second-order valence-electron chi connectivity index (χ2n) is 7.79. The highest BCUT2D eigenvalue weighted by molar-refractivity contribution is 5.73. The second-order valence-corrected chi connectivity index (χ2v) is 7.79. The first-order valence-corrected chi connectivity index (χ1v) is 10.9. The predicted molar refractivity (Wildman–Crippen MR) is 123 cm³/mol. The molecule has 2 atom stereocenters. The van der Waals surface area contributed by atoms with Crippen molar-refractivity contribution in [2.75, 3.05) is 13.2 Å². The van der Waals surface area contributed by atoms with Crippen molar-refractivity contribution in [2.45, 2.75) is 52.2 Å². The molecular formula is C25H30N4O3. The van der Waals surface area contributed by atoms with Gasteiger partial charge in [-0.25, -0.2) is 0 Å². The molecule has 168 valence electrons. The van der Waals surface area contributed by atoms with Crippen LogP contribution in [0.2, 0.25) is 0 Å². The fourth-order valence-corrected chi connectivity index (χ4v) is 3.79. The Morgan fingerprint density at radius 1 is 1.50 bits per heavy atom. The van der Waals surface area contributed by atoms with Gasteiger partial charge in [0.2, 0.25) is 5.82 Å². The summed E-state index contributed by atoms with van der Waals surface area (Å²) in [6, 6.07) is 8.46. The molecule has 0 saturated heterocycles. The number of allylic oxidation sites excluding steroid dienone is 5. The van der Waals surface area contributed by atoms with Gasteiger partial charge in [0, 0.05) is 23.7 Å². The maximum Gasteiger partial charge on any atom is 0.258 e. The van der Waals surface area contributed by atoms with Crippen molar-refractivity contribution in [1.29, 1.82) is 5.26 Å². The molecule has 0 spiro atoms. The fourth-order valence-electron chi connectivity index (χ4n) is 3.79. The monoisotopic (exact) mass is 434 g/mol. The summed E-state index contributed by atoms with van der Waals surface area (Å²) in [5.41, 5.74) is 4.27. The quantitative estimate of drug-likeness (QED) is 0.322.